The average molecular weight is 452 g/mol. The van der Waals surface area contributed by atoms with Gasteiger partial charge in [0.25, 0.3) is 0 Å². The Morgan fingerprint density at radius 2 is 2.06 bits per heavy atom. The SMILES string of the molecule is Cc1nc(NNC(=O)[C@H](CC2CCCC2)CN(O)C=O)c(F)c(N2CCN(C)C[C@H]2C)n1. The number of aryl methyl sites for hydroxylation is 1. The van der Waals surface area contributed by atoms with Crippen LogP contribution >= 0.6 is 0 Å². The van der Waals surface area contributed by atoms with E-state index < -0.39 is 17.6 Å². The Hall–Kier alpha value is -2.53. The van der Waals surface area contributed by atoms with Gasteiger partial charge in [0.2, 0.25) is 18.1 Å². The van der Waals surface area contributed by atoms with Crippen LogP contribution in [-0.2, 0) is 9.59 Å². The van der Waals surface area contributed by atoms with Crippen molar-refractivity contribution in [3.63, 3.8) is 0 Å². The molecule has 2 atom stereocenters. The van der Waals surface area contributed by atoms with E-state index in [0.717, 1.165) is 38.8 Å². The molecule has 1 aliphatic carbocycles. The fraction of sp³-hybridized carbons (Fsp3) is 0.714. The first-order valence-electron chi connectivity index (χ1n) is 11.2. The van der Waals surface area contributed by atoms with E-state index >= 15 is 4.39 Å². The molecule has 1 aromatic rings. The second-order valence-corrected chi connectivity index (χ2v) is 8.99. The molecule has 2 heterocycles. The molecule has 1 aliphatic heterocycles. The molecule has 0 spiro atoms. The van der Waals surface area contributed by atoms with E-state index in [2.05, 4.69) is 25.7 Å². The quantitative estimate of drug-likeness (QED) is 0.294. The fourth-order valence-corrected chi connectivity index (χ4v) is 4.68. The highest BCUT2D eigenvalue weighted by atomic mass is 19.1. The average Bonchev–Trinajstić information content (AvgIpc) is 3.26. The van der Waals surface area contributed by atoms with Gasteiger partial charge < -0.3 is 9.80 Å². The summed E-state index contributed by atoms with van der Waals surface area (Å²) in [4.78, 5) is 36.2. The number of hydrogen-bond donors (Lipinski definition) is 3. The summed E-state index contributed by atoms with van der Waals surface area (Å²) in [5.41, 5.74) is 5.12. The molecular formula is C21H34FN7O3. The van der Waals surface area contributed by atoms with Gasteiger partial charge in [-0.1, -0.05) is 25.7 Å². The van der Waals surface area contributed by atoms with Gasteiger partial charge in [0.15, 0.2) is 11.6 Å². The van der Waals surface area contributed by atoms with Gasteiger partial charge in [0.05, 0.1) is 12.5 Å². The molecule has 2 amide bonds. The maximum atomic E-state index is 15.3. The van der Waals surface area contributed by atoms with Crippen LogP contribution in [0.15, 0.2) is 0 Å². The van der Waals surface area contributed by atoms with Crippen molar-refractivity contribution in [2.24, 2.45) is 11.8 Å². The van der Waals surface area contributed by atoms with Gasteiger partial charge in [-0.3, -0.25) is 25.6 Å². The van der Waals surface area contributed by atoms with Crippen LogP contribution < -0.4 is 15.8 Å². The number of hydrogen-bond acceptors (Lipinski definition) is 8. The third-order valence-electron chi connectivity index (χ3n) is 6.34. The van der Waals surface area contributed by atoms with Crippen LogP contribution in [0, 0.1) is 24.6 Å². The lowest BCUT2D eigenvalue weighted by atomic mass is 9.92. The third kappa shape index (κ3) is 6.04. The molecule has 0 aromatic carbocycles. The van der Waals surface area contributed by atoms with Crippen molar-refractivity contribution in [1.82, 2.24) is 25.4 Å². The predicted octanol–water partition coefficient (Wildman–Crippen LogP) is 1.55. The summed E-state index contributed by atoms with van der Waals surface area (Å²) in [6, 6.07) is 0.0784. The highest BCUT2D eigenvalue weighted by Crippen LogP contribution is 2.31. The molecule has 1 saturated heterocycles. The summed E-state index contributed by atoms with van der Waals surface area (Å²) in [6.45, 7) is 5.79. The molecule has 3 N–H and O–H groups in total. The predicted molar refractivity (Wildman–Crippen MR) is 117 cm³/mol. The minimum Gasteiger partial charge on any atom is -0.349 e. The van der Waals surface area contributed by atoms with Crippen molar-refractivity contribution >= 4 is 24.0 Å². The van der Waals surface area contributed by atoms with Crippen LogP contribution in [0.2, 0.25) is 0 Å². The normalized spacial score (nSPS) is 20.8. The minimum absolute atomic E-state index is 0.0784. The summed E-state index contributed by atoms with van der Waals surface area (Å²) >= 11 is 0. The topological polar surface area (TPSA) is 114 Å². The van der Waals surface area contributed by atoms with E-state index in [4.69, 9.17) is 0 Å². The summed E-state index contributed by atoms with van der Waals surface area (Å²) in [7, 11) is 2.03. The van der Waals surface area contributed by atoms with E-state index in [-0.39, 0.29) is 30.6 Å². The number of halogens is 1. The Bertz CT molecular complexity index is 806. The van der Waals surface area contributed by atoms with Gasteiger partial charge in [-0.25, -0.2) is 15.0 Å². The standard InChI is InChI=1S/C21H34FN7O3/c1-14-11-27(3)8-9-29(14)20-18(22)19(23-15(2)24-20)25-26-21(31)17(12-28(32)13-30)10-16-6-4-5-7-16/h13-14,16-17,32H,4-12H2,1-3H3,(H,26,31)(H,23,24,25)/t14-,17-/m1/s1. The van der Waals surface area contributed by atoms with Crippen molar-refractivity contribution in [3.05, 3.63) is 11.6 Å². The van der Waals surface area contributed by atoms with Crippen molar-refractivity contribution < 1.29 is 19.2 Å². The molecule has 178 valence electrons. The van der Waals surface area contributed by atoms with Gasteiger partial charge in [0, 0.05) is 25.7 Å². The zero-order valence-corrected chi connectivity index (χ0v) is 19.1. The highest BCUT2D eigenvalue weighted by Gasteiger charge is 2.29. The van der Waals surface area contributed by atoms with Crippen LogP contribution in [-0.4, -0.2) is 76.7 Å². The van der Waals surface area contributed by atoms with Gasteiger partial charge in [-0.15, -0.1) is 0 Å². The number of anilines is 2. The fourth-order valence-electron chi connectivity index (χ4n) is 4.68. The van der Waals surface area contributed by atoms with Crippen molar-refractivity contribution in [1.29, 1.82) is 0 Å². The molecule has 0 radical (unpaired) electrons. The van der Waals surface area contributed by atoms with Crippen LogP contribution in [0.25, 0.3) is 0 Å². The molecule has 11 heteroatoms. The molecule has 1 saturated carbocycles. The Morgan fingerprint density at radius 3 is 2.72 bits per heavy atom. The Labute approximate surface area is 188 Å². The van der Waals surface area contributed by atoms with Gasteiger partial charge in [0.1, 0.15) is 5.82 Å². The maximum absolute atomic E-state index is 15.3. The van der Waals surface area contributed by atoms with Gasteiger partial charge in [-0.2, -0.15) is 4.39 Å². The summed E-state index contributed by atoms with van der Waals surface area (Å²) in [6.07, 6.45) is 5.11. The van der Waals surface area contributed by atoms with Crippen molar-refractivity contribution in [2.45, 2.75) is 52.0 Å². The molecule has 0 bridgehead atoms. The highest BCUT2D eigenvalue weighted by molar-refractivity contribution is 5.80. The van der Waals surface area contributed by atoms with Crippen LogP contribution in [0.4, 0.5) is 16.0 Å². The van der Waals surface area contributed by atoms with Crippen molar-refractivity contribution in [2.75, 3.05) is 43.6 Å². The number of hydrazine groups is 1. The first-order valence-corrected chi connectivity index (χ1v) is 11.2. The molecule has 1 aromatic heterocycles. The second-order valence-electron chi connectivity index (χ2n) is 8.99. The number of likely N-dealkylation sites (N-methyl/N-ethyl adjacent to an activating group) is 1. The van der Waals surface area contributed by atoms with Crippen LogP contribution in [0.3, 0.4) is 0 Å². The molecule has 10 nitrogen and oxygen atoms in total. The number of carbonyl (C=O) groups is 2. The molecule has 3 rings (SSSR count). The molecule has 2 fully saturated rings. The zero-order chi connectivity index (χ0) is 23.3. The lowest BCUT2D eigenvalue weighted by Crippen LogP contribution is -2.51. The first-order chi connectivity index (χ1) is 15.3. The van der Waals surface area contributed by atoms with Gasteiger partial charge >= 0.3 is 0 Å². The summed E-state index contributed by atoms with van der Waals surface area (Å²) in [5, 5.41) is 10.1. The Kier molecular flexibility index (Phi) is 8.19. The monoisotopic (exact) mass is 451 g/mol. The number of piperazine rings is 1. The number of carbonyl (C=O) groups excluding carboxylic acids is 2. The number of rotatable bonds is 9. The van der Waals surface area contributed by atoms with Crippen molar-refractivity contribution in [3.8, 4) is 0 Å². The molecule has 2 aliphatic rings. The number of amides is 2. The second kappa shape index (κ2) is 10.9. The minimum atomic E-state index is -0.628. The van der Waals surface area contributed by atoms with Gasteiger partial charge in [-0.05, 0) is 33.2 Å². The summed E-state index contributed by atoms with van der Waals surface area (Å²) < 4.78 is 15.3. The summed E-state index contributed by atoms with van der Waals surface area (Å²) in [5.74, 6) is -0.825. The largest absolute Gasteiger partial charge is 0.349 e. The van der Waals surface area contributed by atoms with E-state index in [1.807, 2.05) is 18.9 Å². The van der Waals surface area contributed by atoms with E-state index in [0.29, 0.717) is 29.8 Å². The third-order valence-corrected chi connectivity index (χ3v) is 6.34. The zero-order valence-electron chi connectivity index (χ0n) is 19.1. The number of hydroxylamine groups is 2. The van der Waals surface area contributed by atoms with Crippen LogP contribution in [0.1, 0.15) is 44.9 Å². The lowest BCUT2D eigenvalue weighted by molar-refractivity contribution is -0.154. The molecule has 32 heavy (non-hydrogen) atoms. The lowest BCUT2D eigenvalue weighted by Gasteiger charge is -2.39. The molecule has 0 unspecified atom stereocenters. The Balaban J connectivity index is 1.70. The first kappa shape index (κ1) is 24.1. The smallest absolute Gasteiger partial charge is 0.243 e. The van der Waals surface area contributed by atoms with Crippen LogP contribution in [0.5, 0.6) is 0 Å². The maximum Gasteiger partial charge on any atom is 0.243 e. The Morgan fingerprint density at radius 1 is 1.34 bits per heavy atom. The molecular weight excluding hydrogens is 417 g/mol. The van der Waals surface area contributed by atoms with E-state index in [1.165, 1.54) is 0 Å². The number of nitrogens with one attached hydrogen (secondary N) is 2. The van der Waals surface area contributed by atoms with E-state index in [1.54, 1.807) is 6.92 Å². The number of nitrogens with zero attached hydrogens (tertiary/aromatic N) is 5. The number of aromatic nitrogens is 2. The van der Waals surface area contributed by atoms with E-state index in [9.17, 15) is 14.8 Å².